The van der Waals surface area contributed by atoms with E-state index in [4.69, 9.17) is 0 Å². The molecule has 1 aliphatic rings. The first kappa shape index (κ1) is 13.9. The van der Waals surface area contributed by atoms with Crippen molar-refractivity contribution in [1.29, 1.82) is 0 Å². The minimum Gasteiger partial charge on any atom is -0.342 e. The Morgan fingerprint density at radius 1 is 1.52 bits per heavy atom. The first-order valence-electron chi connectivity index (χ1n) is 7.47. The third-order valence-electron chi connectivity index (χ3n) is 4.18. The summed E-state index contributed by atoms with van der Waals surface area (Å²) < 4.78 is 2.01. The van der Waals surface area contributed by atoms with E-state index in [0.29, 0.717) is 12.3 Å². The van der Waals surface area contributed by atoms with Crippen LogP contribution in [0.25, 0.3) is 0 Å². The third-order valence-corrected chi connectivity index (χ3v) is 4.18. The lowest BCUT2D eigenvalue weighted by Gasteiger charge is -2.16. The van der Waals surface area contributed by atoms with Gasteiger partial charge in [-0.25, -0.2) is 4.98 Å². The molecular weight excluding hydrogens is 266 g/mol. The van der Waals surface area contributed by atoms with Crippen molar-refractivity contribution < 1.29 is 4.79 Å². The van der Waals surface area contributed by atoms with Gasteiger partial charge in [-0.05, 0) is 25.3 Å². The van der Waals surface area contributed by atoms with Gasteiger partial charge in [-0.1, -0.05) is 0 Å². The van der Waals surface area contributed by atoms with Crippen LogP contribution in [-0.4, -0.2) is 43.6 Å². The SMILES string of the molecule is Cc1cn[nH]c1[C@H]1CCN(C(=O)CCCn2ccnc2)C1. The van der Waals surface area contributed by atoms with E-state index in [1.54, 1.807) is 12.5 Å². The number of carbonyl (C=O) groups excluding carboxylic acids is 1. The summed E-state index contributed by atoms with van der Waals surface area (Å²) in [4.78, 5) is 18.2. The number of carbonyl (C=O) groups is 1. The number of imidazole rings is 1. The van der Waals surface area contributed by atoms with Crippen LogP contribution < -0.4 is 0 Å². The van der Waals surface area contributed by atoms with Crippen molar-refractivity contribution in [1.82, 2.24) is 24.6 Å². The molecule has 0 saturated carbocycles. The van der Waals surface area contributed by atoms with Crippen molar-refractivity contribution in [2.75, 3.05) is 13.1 Å². The summed E-state index contributed by atoms with van der Waals surface area (Å²) in [5.74, 6) is 0.667. The molecule has 0 bridgehead atoms. The molecule has 3 heterocycles. The Kier molecular flexibility index (Phi) is 4.03. The van der Waals surface area contributed by atoms with Gasteiger partial charge in [0.2, 0.25) is 5.91 Å². The van der Waals surface area contributed by atoms with Gasteiger partial charge in [-0.2, -0.15) is 5.10 Å². The highest BCUT2D eigenvalue weighted by Crippen LogP contribution is 2.28. The molecule has 6 heteroatoms. The number of likely N-dealkylation sites (tertiary alicyclic amines) is 1. The largest absolute Gasteiger partial charge is 0.342 e. The van der Waals surface area contributed by atoms with Crippen LogP contribution in [0.1, 0.15) is 36.4 Å². The Morgan fingerprint density at radius 2 is 2.43 bits per heavy atom. The van der Waals surface area contributed by atoms with E-state index in [2.05, 4.69) is 22.1 Å². The molecule has 1 N–H and O–H groups in total. The zero-order valence-corrected chi connectivity index (χ0v) is 12.3. The smallest absolute Gasteiger partial charge is 0.222 e. The highest BCUT2D eigenvalue weighted by Gasteiger charge is 2.28. The molecule has 1 saturated heterocycles. The van der Waals surface area contributed by atoms with Gasteiger partial charge in [0, 0.05) is 50.1 Å². The topological polar surface area (TPSA) is 66.8 Å². The maximum atomic E-state index is 12.2. The molecule has 0 spiro atoms. The fourth-order valence-electron chi connectivity index (χ4n) is 2.98. The van der Waals surface area contributed by atoms with Crippen LogP contribution in [0.3, 0.4) is 0 Å². The second-order valence-corrected chi connectivity index (χ2v) is 5.70. The Hall–Kier alpha value is -2.11. The number of hydrogen-bond donors (Lipinski definition) is 1. The van der Waals surface area contributed by atoms with E-state index < -0.39 is 0 Å². The first-order chi connectivity index (χ1) is 10.2. The molecule has 1 amide bonds. The highest BCUT2D eigenvalue weighted by molar-refractivity contribution is 5.76. The molecule has 6 nitrogen and oxygen atoms in total. The average Bonchev–Trinajstić information content (AvgIpc) is 3.18. The molecule has 21 heavy (non-hydrogen) atoms. The van der Waals surface area contributed by atoms with Crippen molar-refractivity contribution in [2.24, 2.45) is 0 Å². The molecule has 2 aromatic heterocycles. The van der Waals surface area contributed by atoms with Gasteiger partial charge in [0.05, 0.1) is 12.5 Å². The minimum absolute atomic E-state index is 0.259. The summed E-state index contributed by atoms with van der Waals surface area (Å²) >= 11 is 0. The van der Waals surface area contributed by atoms with Crippen molar-refractivity contribution in [3.05, 3.63) is 36.2 Å². The predicted octanol–water partition coefficient (Wildman–Crippen LogP) is 1.71. The number of H-pyrrole nitrogens is 1. The Labute approximate surface area is 124 Å². The van der Waals surface area contributed by atoms with Crippen molar-refractivity contribution in [3.8, 4) is 0 Å². The van der Waals surface area contributed by atoms with Crippen molar-refractivity contribution in [2.45, 2.75) is 38.6 Å². The van der Waals surface area contributed by atoms with Crippen LogP contribution in [0, 0.1) is 6.92 Å². The molecule has 0 radical (unpaired) electrons. The fraction of sp³-hybridized carbons (Fsp3) is 0.533. The van der Waals surface area contributed by atoms with Gasteiger partial charge in [-0.15, -0.1) is 0 Å². The molecule has 0 unspecified atom stereocenters. The lowest BCUT2D eigenvalue weighted by atomic mass is 10.0. The lowest BCUT2D eigenvalue weighted by Crippen LogP contribution is -2.28. The zero-order valence-electron chi connectivity index (χ0n) is 12.3. The summed E-state index contributed by atoms with van der Waals surface area (Å²) in [6, 6.07) is 0. The van der Waals surface area contributed by atoms with Gasteiger partial charge < -0.3 is 9.47 Å². The highest BCUT2D eigenvalue weighted by atomic mass is 16.2. The Bertz CT molecular complexity index is 589. The van der Waals surface area contributed by atoms with E-state index in [1.165, 1.54) is 11.3 Å². The second kappa shape index (κ2) is 6.11. The molecule has 1 atom stereocenters. The zero-order chi connectivity index (χ0) is 14.7. The second-order valence-electron chi connectivity index (χ2n) is 5.70. The fourth-order valence-corrected chi connectivity index (χ4v) is 2.98. The predicted molar refractivity (Wildman–Crippen MR) is 78.7 cm³/mol. The number of amides is 1. The average molecular weight is 287 g/mol. The van der Waals surface area contributed by atoms with Crippen LogP contribution in [0.15, 0.2) is 24.9 Å². The number of aromatic nitrogens is 4. The third kappa shape index (κ3) is 3.15. The number of nitrogens with one attached hydrogen (secondary N) is 1. The quantitative estimate of drug-likeness (QED) is 0.910. The van der Waals surface area contributed by atoms with Crippen LogP contribution in [-0.2, 0) is 11.3 Å². The normalized spacial score (nSPS) is 18.3. The summed E-state index contributed by atoms with van der Waals surface area (Å²) in [5, 5.41) is 7.15. The number of hydrogen-bond acceptors (Lipinski definition) is 3. The number of aryl methyl sites for hydroxylation is 2. The maximum Gasteiger partial charge on any atom is 0.222 e. The van der Waals surface area contributed by atoms with Gasteiger partial charge in [0.1, 0.15) is 0 Å². The van der Waals surface area contributed by atoms with E-state index in [9.17, 15) is 4.79 Å². The monoisotopic (exact) mass is 287 g/mol. The summed E-state index contributed by atoms with van der Waals surface area (Å²) in [6.07, 6.45) is 9.82. The van der Waals surface area contributed by atoms with Gasteiger partial charge in [-0.3, -0.25) is 9.89 Å². The number of aromatic amines is 1. The maximum absolute atomic E-state index is 12.2. The number of rotatable bonds is 5. The lowest BCUT2D eigenvalue weighted by molar-refractivity contribution is -0.130. The Balaban J connectivity index is 1.47. The van der Waals surface area contributed by atoms with E-state index in [1.807, 2.05) is 21.9 Å². The van der Waals surface area contributed by atoms with E-state index in [-0.39, 0.29) is 5.91 Å². The standard InChI is InChI=1S/C15H21N5O/c1-12-9-17-18-15(12)13-4-7-20(10-13)14(21)3-2-6-19-8-5-16-11-19/h5,8-9,11,13H,2-4,6-7,10H2,1H3,(H,17,18)/t13-/m0/s1. The number of nitrogens with zero attached hydrogens (tertiary/aromatic N) is 4. The molecule has 1 fully saturated rings. The summed E-state index contributed by atoms with van der Waals surface area (Å²) in [5.41, 5.74) is 2.37. The van der Waals surface area contributed by atoms with E-state index >= 15 is 0 Å². The first-order valence-corrected chi connectivity index (χ1v) is 7.47. The molecule has 0 aromatic carbocycles. The van der Waals surface area contributed by atoms with Crippen LogP contribution in [0.4, 0.5) is 0 Å². The molecule has 0 aliphatic carbocycles. The van der Waals surface area contributed by atoms with Crippen molar-refractivity contribution >= 4 is 5.91 Å². The van der Waals surface area contributed by atoms with Crippen LogP contribution in [0.2, 0.25) is 0 Å². The molecule has 112 valence electrons. The van der Waals surface area contributed by atoms with Crippen molar-refractivity contribution in [3.63, 3.8) is 0 Å². The molecular formula is C15H21N5O. The minimum atomic E-state index is 0.259. The molecule has 1 aliphatic heterocycles. The van der Waals surface area contributed by atoms with Gasteiger partial charge in [0.15, 0.2) is 0 Å². The van der Waals surface area contributed by atoms with Gasteiger partial charge in [0.25, 0.3) is 0 Å². The molecule has 2 aromatic rings. The Morgan fingerprint density at radius 3 is 3.14 bits per heavy atom. The molecule has 3 rings (SSSR count). The van der Waals surface area contributed by atoms with Gasteiger partial charge >= 0.3 is 0 Å². The van der Waals surface area contributed by atoms with E-state index in [0.717, 1.165) is 32.5 Å². The van der Waals surface area contributed by atoms with Crippen LogP contribution >= 0.6 is 0 Å². The summed E-state index contributed by atoms with van der Waals surface area (Å²) in [6.45, 7) is 4.58. The van der Waals surface area contributed by atoms with Crippen LogP contribution in [0.5, 0.6) is 0 Å². The summed E-state index contributed by atoms with van der Waals surface area (Å²) in [7, 11) is 0.